The van der Waals surface area contributed by atoms with Crippen LogP contribution in [0, 0.1) is 20.8 Å². The molecule has 0 aliphatic carbocycles. The minimum atomic E-state index is -1.01. The van der Waals surface area contributed by atoms with Crippen molar-refractivity contribution in [1.82, 2.24) is 4.90 Å². The van der Waals surface area contributed by atoms with Gasteiger partial charge >= 0.3 is 5.97 Å². The second-order valence-corrected chi connectivity index (χ2v) is 10.9. The number of nitrogens with zero attached hydrogens (tertiary/aromatic N) is 2. The van der Waals surface area contributed by atoms with Crippen LogP contribution < -0.4 is 9.64 Å². The average molecular weight is 519 g/mol. The molecule has 1 aliphatic heterocycles. The minimum absolute atomic E-state index is 0.224. The first-order valence-electron chi connectivity index (χ1n) is 12.3. The quantitative estimate of drug-likeness (QED) is 0.380. The lowest BCUT2D eigenvalue weighted by Crippen LogP contribution is -2.45. The van der Waals surface area contributed by atoms with Crippen LogP contribution in [-0.4, -0.2) is 57.2 Å². The number of methoxy groups -OCH3 is 1. The Morgan fingerprint density at radius 1 is 0.973 bits per heavy atom. The molecule has 194 valence electrons. The number of thioether (sulfide) groups is 1. The maximum absolute atomic E-state index is 14.2. The number of fused-ring (bicyclic) bond motifs is 1. The molecular formula is C30H34N2O4S. The van der Waals surface area contributed by atoms with Gasteiger partial charge in [-0.1, -0.05) is 29.8 Å². The van der Waals surface area contributed by atoms with Crippen molar-refractivity contribution >= 4 is 29.3 Å². The Bertz CT molecular complexity index is 1270. The molecule has 1 aliphatic rings. The Kier molecular flexibility index (Phi) is 8.25. The van der Waals surface area contributed by atoms with Gasteiger partial charge in [0, 0.05) is 18.0 Å². The molecule has 2 atom stereocenters. The minimum Gasteiger partial charge on any atom is -0.497 e. The van der Waals surface area contributed by atoms with Crippen molar-refractivity contribution in [3.05, 3.63) is 88.5 Å². The number of ether oxygens (including phenoxy) is 2. The van der Waals surface area contributed by atoms with E-state index in [0.717, 1.165) is 38.6 Å². The number of carbonyl (C=O) groups excluding carboxylic acids is 2. The average Bonchev–Trinajstić information content (AvgIpc) is 2.98. The fraction of sp³-hybridized carbons (Fsp3) is 0.333. The zero-order valence-corrected chi connectivity index (χ0v) is 23.1. The fourth-order valence-electron chi connectivity index (χ4n) is 4.23. The second kappa shape index (κ2) is 11.4. The van der Waals surface area contributed by atoms with Gasteiger partial charge in [0.1, 0.15) is 5.75 Å². The van der Waals surface area contributed by atoms with E-state index in [-0.39, 0.29) is 5.91 Å². The molecule has 4 rings (SSSR count). The Morgan fingerprint density at radius 2 is 1.62 bits per heavy atom. The van der Waals surface area contributed by atoms with Gasteiger partial charge in [0.05, 0.1) is 23.6 Å². The van der Waals surface area contributed by atoms with E-state index in [1.54, 1.807) is 35.9 Å². The predicted molar refractivity (Wildman–Crippen MR) is 149 cm³/mol. The van der Waals surface area contributed by atoms with Gasteiger partial charge in [0.15, 0.2) is 6.10 Å². The van der Waals surface area contributed by atoms with Gasteiger partial charge in [-0.25, -0.2) is 4.79 Å². The van der Waals surface area contributed by atoms with Crippen LogP contribution in [0.25, 0.3) is 0 Å². The molecule has 3 aromatic rings. The van der Waals surface area contributed by atoms with Crippen molar-refractivity contribution in [2.75, 3.05) is 39.2 Å². The van der Waals surface area contributed by atoms with E-state index in [9.17, 15) is 9.59 Å². The summed E-state index contributed by atoms with van der Waals surface area (Å²) in [5, 5.41) is -0.432. The number of carbonyl (C=O) groups is 2. The van der Waals surface area contributed by atoms with Crippen LogP contribution in [0.5, 0.6) is 5.75 Å². The molecule has 0 N–H and O–H groups in total. The number of rotatable bonds is 7. The number of aryl methyl sites for hydroxylation is 3. The zero-order valence-electron chi connectivity index (χ0n) is 22.3. The largest absolute Gasteiger partial charge is 0.497 e. The molecule has 3 aromatic carbocycles. The number of amides is 1. The number of benzene rings is 3. The van der Waals surface area contributed by atoms with Crippen LogP contribution in [0.1, 0.15) is 37.9 Å². The van der Waals surface area contributed by atoms with Crippen molar-refractivity contribution in [2.45, 2.75) is 37.0 Å². The van der Waals surface area contributed by atoms with Crippen LogP contribution in [0.2, 0.25) is 0 Å². The third-order valence-electron chi connectivity index (χ3n) is 6.64. The highest BCUT2D eigenvalue weighted by atomic mass is 32.2. The number of hydrogen-bond acceptors (Lipinski definition) is 6. The Morgan fingerprint density at radius 3 is 2.24 bits per heavy atom. The van der Waals surface area contributed by atoms with Crippen molar-refractivity contribution in [3.63, 3.8) is 0 Å². The number of anilines is 1. The summed E-state index contributed by atoms with van der Waals surface area (Å²) >= 11 is 1.56. The Labute approximate surface area is 223 Å². The second-order valence-electron chi connectivity index (χ2n) is 9.70. The zero-order chi connectivity index (χ0) is 26.7. The first-order chi connectivity index (χ1) is 17.7. The number of likely N-dealkylation sites (N-methyl/N-ethyl adjacent to an activating group) is 1. The SMILES string of the molecule is COc1ccc([C@H]2Sc3cc(C)c(C)cc3N(CCN(C)C)C(=O)[C@H]2OC(=O)c2ccc(C)cc2)cc1. The highest BCUT2D eigenvalue weighted by Crippen LogP contribution is 2.48. The molecule has 0 saturated heterocycles. The van der Waals surface area contributed by atoms with Gasteiger partial charge in [-0.2, -0.15) is 0 Å². The maximum Gasteiger partial charge on any atom is 0.338 e. The summed E-state index contributed by atoms with van der Waals surface area (Å²) in [7, 11) is 5.58. The van der Waals surface area contributed by atoms with Crippen LogP contribution in [0.15, 0.2) is 65.6 Å². The Balaban J connectivity index is 1.81. The highest BCUT2D eigenvalue weighted by molar-refractivity contribution is 7.99. The van der Waals surface area contributed by atoms with E-state index >= 15 is 0 Å². The van der Waals surface area contributed by atoms with E-state index in [2.05, 4.69) is 26.0 Å². The molecule has 0 unspecified atom stereocenters. The van der Waals surface area contributed by atoms with Gasteiger partial charge in [-0.3, -0.25) is 4.79 Å². The summed E-state index contributed by atoms with van der Waals surface area (Å²) in [6.07, 6.45) is -1.01. The first-order valence-corrected chi connectivity index (χ1v) is 13.2. The smallest absolute Gasteiger partial charge is 0.338 e. The summed E-state index contributed by atoms with van der Waals surface area (Å²) in [6, 6.07) is 19.0. The van der Waals surface area contributed by atoms with Crippen molar-refractivity contribution in [2.24, 2.45) is 0 Å². The highest BCUT2D eigenvalue weighted by Gasteiger charge is 2.41. The first kappa shape index (κ1) is 26.8. The molecule has 0 fully saturated rings. The van der Waals surface area contributed by atoms with Gasteiger partial charge in [-0.15, -0.1) is 11.8 Å². The summed E-state index contributed by atoms with van der Waals surface area (Å²) in [6.45, 7) is 7.24. The van der Waals surface area contributed by atoms with Crippen LogP contribution in [0.4, 0.5) is 5.69 Å². The molecule has 0 aromatic heterocycles. The van der Waals surface area contributed by atoms with E-state index < -0.39 is 17.3 Å². The maximum atomic E-state index is 14.2. The molecule has 0 bridgehead atoms. The van der Waals surface area contributed by atoms with Crippen LogP contribution in [-0.2, 0) is 9.53 Å². The molecule has 1 heterocycles. The Hall–Kier alpha value is -3.29. The molecule has 37 heavy (non-hydrogen) atoms. The summed E-state index contributed by atoms with van der Waals surface area (Å²) in [4.78, 5) is 32.3. The third kappa shape index (κ3) is 6.00. The van der Waals surface area contributed by atoms with Gasteiger partial charge < -0.3 is 19.3 Å². The lowest BCUT2D eigenvalue weighted by atomic mass is 10.0. The van der Waals surface area contributed by atoms with E-state index in [0.29, 0.717) is 18.7 Å². The van der Waals surface area contributed by atoms with Gasteiger partial charge in [0.2, 0.25) is 0 Å². The van der Waals surface area contributed by atoms with Gasteiger partial charge in [0.25, 0.3) is 5.91 Å². The van der Waals surface area contributed by atoms with Crippen molar-refractivity contribution < 1.29 is 19.1 Å². The predicted octanol–water partition coefficient (Wildman–Crippen LogP) is 5.59. The van der Waals surface area contributed by atoms with E-state index in [1.807, 2.05) is 62.3 Å². The molecule has 0 radical (unpaired) electrons. The fourth-order valence-corrected chi connectivity index (χ4v) is 5.63. The standard InChI is InChI=1S/C30H34N2O4S/c1-19-7-9-23(10-8-19)30(34)36-27-28(22-11-13-24(35-6)14-12-22)37-26-18-21(3)20(2)17-25(26)32(29(27)33)16-15-31(4)5/h7-14,17-18,27-28H,15-16H2,1-6H3/t27-,28+/m0/s1. The monoisotopic (exact) mass is 518 g/mol. The third-order valence-corrected chi connectivity index (χ3v) is 8.00. The molecular weight excluding hydrogens is 484 g/mol. The molecule has 6 nitrogen and oxygen atoms in total. The normalized spacial score (nSPS) is 17.4. The number of hydrogen-bond donors (Lipinski definition) is 0. The number of esters is 1. The van der Waals surface area contributed by atoms with Crippen LogP contribution in [0.3, 0.4) is 0 Å². The van der Waals surface area contributed by atoms with Crippen molar-refractivity contribution in [3.8, 4) is 5.75 Å². The lowest BCUT2D eigenvalue weighted by Gasteiger charge is -2.29. The molecule has 1 amide bonds. The molecule has 0 saturated carbocycles. The summed E-state index contributed by atoms with van der Waals surface area (Å²) in [5.74, 6) is -0.0117. The lowest BCUT2D eigenvalue weighted by molar-refractivity contribution is -0.127. The van der Waals surface area contributed by atoms with Crippen LogP contribution >= 0.6 is 11.8 Å². The van der Waals surface area contributed by atoms with E-state index in [4.69, 9.17) is 9.47 Å². The molecule has 7 heteroatoms. The molecule has 0 spiro atoms. The summed E-state index contributed by atoms with van der Waals surface area (Å²) in [5.41, 5.74) is 5.47. The summed E-state index contributed by atoms with van der Waals surface area (Å²) < 4.78 is 11.4. The topological polar surface area (TPSA) is 59.1 Å². The van der Waals surface area contributed by atoms with Gasteiger partial charge in [-0.05, 0) is 88.0 Å². The van der Waals surface area contributed by atoms with E-state index in [1.165, 1.54) is 0 Å². The van der Waals surface area contributed by atoms with Crippen molar-refractivity contribution in [1.29, 1.82) is 0 Å².